The van der Waals surface area contributed by atoms with Gasteiger partial charge in [-0.25, -0.2) is 5.43 Å². The van der Waals surface area contributed by atoms with E-state index in [9.17, 15) is 4.79 Å². The Hall–Kier alpha value is -1.90. The van der Waals surface area contributed by atoms with Crippen molar-refractivity contribution in [1.29, 1.82) is 0 Å². The highest BCUT2D eigenvalue weighted by Gasteiger charge is 2.15. The highest BCUT2D eigenvalue weighted by molar-refractivity contribution is 9.10. The molecule has 0 aliphatic heterocycles. The van der Waals surface area contributed by atoms with E-state index in [-0.39, 0.29) is 17.8 Å². The second-order valence-corrected chi connectivity index (χ2v) is 10.5. The lowest BCUT2D eigenvalue weighted by molar-refractivity contribution is -0.120. The molecule has 5 nitrogen and oxygen atoms in total. The average molecular weight is 603 g/mol. The molecule has 0 saturated carbocycles. The van der Waals surface area contributed by atoms with Crippen LogP contribution in [0.25, 0.3) is 0 Å². The molecule has 0 spiro atoms. The number of halogens is 4. The molecule has 178 valence electrons. The SMILES string of the molecule is COc1cc(/C=N/NC(=O)C(C)Sc2ccc(Cl)cc2)cc(Br)c1OCc1ccc(Cl)c(Cl)c1. The molecule has 10 heteroatoms. The number of rotatable bonds is 9. The number of thioether (sulfide) groups is 1. The van der Waals surface area contributed by atoms with Crippen molar-refractivity contribution in [3.63, 3.8) is 0 Å². The topological polar surface area (TPSA) is 59.9 Å². The maximum atomic E-state index is 12.4. The van der Waals surface area contributed by atoms with Crippen LogP contribution in [-0.4, -0.2) is 24.5 Å². The van der Waals surface area contributed by atoms with Gasteiger partial charge in [0.1, 0.15) is 6.61 Å². The number of amides is 1. The second-order valence-electron chi connectivity index (χ2n) is 7.02. The van der Waals surface area contributed by atoms with Crippen molar-refractivity contribution in [2.75, 3.05) is 7.11 Å². The van der Waals surface area contributed by atoms with Gasteiger partial charge in [-0.05, 0) is 82.5 Å². The summed E-state index contributed by atoms with van der Waals surface area (Å²) >= 11 is 22.9. The van der Waals surface area contributed by atoms with E-state index in [1.54, 1.807) is 37.4 Å². The van der Waals surface area contributed by atoms with Gasteiger partial charge < -0.3 is 9.47 Å². The van der Waals surface area contributed by atoms with Gasteiger partial charge in [0.15, 0.2) is 11.5 Å². The Morgan fingerprint density at radius 1 is 1.12 bits per heavy atom. The van der Waals surface area contributed by atoms with E-state index in [0.29, 0.717) is 36.6 Å². The van der Waals surface area contributed by atoms with Crippen LogP contribution in [0.4, 0.5) is 0 Å². The molecule has 0 aromatic heterocycles. The van der Waals surface area contributed by atoms with E-state index >= 15 is 0 Å². The van der Waals surface area contributed by atoms with Crippen molar-refractivity contribution in [2.24, 2.45) is 5.10 Å². The molecule has 0 heterocycles. The Bertz CT molecular complexity index is 1190. The molecule has 3 aromatic carbocycles. The lowest BCUT2D eigenvalue weighted by Gasteiger charge is -2.14. The van der Waals surface area contributed by atoms with E-state index in [4.69, 9.17) is 44.3 Å². The number of nitrogens with zero attached hydrogens (tertiary/aromatic N) is 1. The molecule has 1 N–H and O–H groups in total. The van der Waals surface area contributed by atoms with Gasteiger partial charge in [-0.2, -0.15) is 5.10 Å². The van der Waals surface area contributed by atoms with Crippen molar-refractivity contribution in [3.05, 3.63) is 85.3 Å². The van der Waals surface area contributed by atoms with Crippen molar-refractivity contribution < 1.29 is 14.3 Å². The Balaban J connectivity index is 1.62. The Morgan fingerprint density at radius 3 is 2.53 bits per heavy atom. The minimum Gasteiger partial charge on any atom is -0.493 e. The van der Waals surface area contributed by atoms with E-state index in [1.807, 2.05) is 31.2 Å². The van der Waals surface area contributed by atoms with Crippen molar-refractivity contribution in [1.82, 2.24) is 5.43 Å². The van der Waals surface area contributed by atoms with Gasteiger partial charge >= 0.3 is 0 Å². The van der Waals surface area contributed by atoms with Gasteiger partial charge in [-0.3, -0.25) is 4.79 Å². The number of nitrogens with one attached hydrogen (secondary N) is 1. The quantitative estimate of drug-likeness (QED) is 0.155. The van der Waals surface area contributed by atoms with Gasteiger partial charge in [-0.15, -0.1) is 11.8 Å². The van der Waals surface area contributed by atoms with E-state index in [0.717, 1.165) is 10.5 Å². The molecule has 1 atom stereocenters. The number of ether oxygens (including phenoxy) is 2. The Kier molecular flexibility index (Phi) is 9.97. The lowest BCUT2D eigenvalue weighted by atomic mass is 10.2. The van der Waals surface area contributed by atoms with Gasteiger partial charge in [0.25, 0.3) is 5.91 Å². The third kappa shape index (κ3) is 7.55. The molecule has 0 aliphatic rings. The van der Waals surface area contributed by atoms with E-state index in [2.05, 4.69) is 26.5 Å². The summed E-state index contributed by atoms with van der Waals surface area (Å²) in [5.74, 6) is 0.820. The zero-order valence-corrected chi connectivity index (χ0v) is 22.8. The standard InChI is InChI=1S/C24H20BrCl3N2O3S/c1-14(34-18-6-4-17(26)5-7-18)24(31)30-29-12-16-9-19(25)23(22(11-16)32-2)33-13-15-3-8-20(27)21(28)10-15/h3-12,14H,13H2,1-2H3,(H,30,31)/b29-12+. The summed E-state index contributed by atoms with van der Waals surface area (Å²) in [6, 6.07) is 16.2. The zero-order valence-electron chi connectivity index (χ0n) is 18.2. The van der Waals surface area contributed by atoms with Crippen molar-refractivity contribution >= 4 is 74.6 Å². The summed E-state index contributed by atoms with van der Waals surface area (Å²) in [5.41, 5.74) is 4.14. The minimum atomic E-state index is -0.336. The number of carbonyl (C=O) groups excluding carboxylic acids is 1. The normalized spacial score (nSPS) is 11.9. The van der Waals surface area contributed by atoms with Gasteiger partial charge in [0.2, 0.25) is 0 Å². The number of hydrazone groups is 1. The fourth-order valence-electron chi connectivity index (χ4n) is 2.77. The highest BCUT2D eigenvalue weighted by Crippen LogP contribution is 2.37. The second kappa shape index (κ2) is 12.7. The number of hydrogen-bond acceptors (Lipinski definition) is 5. The molecule has 0 aliphatic carbocycles. The smallest absolute Gasteiger partial charge is 0.253 e. The summed E-state index contributed by atoms with van der Waals surface area (Å²) in [6.45, 7) is 2.09. The van der Waals surface area contributed by atoms with E-state index < -0.39 is 0 Å². The molecule has 0 radical (unpaired) electrons. The predicted octanol–water partition coefficient (Wildman–Crippen LogP) is 7.63. The van der Waals surface area contributed by atoms with Crippen LogP contribution < -0.4 is 14.9 Å². The first-order chi connectivity index (χ1) is 16.3. The first-order valence-electron chi connectivity index (χ1n) is 9.96. The summed E-state index contributed by atoms with van der Waals surface area (Å²) < 4.78 is 12.1. The monoisotopic (exact) mass is 600 g/mol. The Labute approximate surface area is 225 Å². The van der Waals surface area contributed by atoms with Crippen LogP contribution in [0.15, 0.2) is 69.1 Å². The number of benzene rings is 3. The first kappa shape index (κ1) is 26.7. The summed E-state index contributed by atoms with van der Waals surface area (Å²) in [6.07, 6.45) is 1.54. The summed E-state index contributed by atoms with van der Waals surface area (Å²) in [4.78, 5) is 13.3. The fourth-order valence-corrected chi connectivity index (χ4v) is 4.65. The van der Waals surface area contributed by atoms with E-state index in [1.165, 1.54) is 18.0 Å². The minimum absolute atomic E-state index is 0.219. The van der Waals surface area contributed by atoms with Gasteiger partial charge in [0.05, 0.1) is 33.1 Å². The van der Waals surface area contributed by atoms with Crippen LogP contribution in [0.2, 0.25) is 15.1 Å². The molecule has 1 unspecified atom stereocenters. The maximum absolute atomic E-state index is 12.4. The molecular weight excluding hydrogens is 583 g/mol. The van der Waals surface area contributed by atoms with Crippen LogP contribution in [0.3, 0.4) is 0 Å². The predicted molar refractivity (Wildman–Crippen MR) is 144 cm³/mol. The summed E-state index contributed by atoms with van der Waals surface area (Å²) in [5, 5.41) is 5.33. The van der Waals surface area contributed by atoms with Crippen LogP contribution in [0.1, 0.15) is 18.1 Å². The first-order valence-corrected chi connectivity index (χ1v) is 12.8. The number of carbonyl (C=O) groups is 1. The summed E-state index contributed by atoms with van der Waals surface area (Å²) in [7, 11) is 1.55. The molecule has 3 aromatic rings. The fraction of sp³-hybridized carbons (Fsp3) is 0.167. The molecule has 0 fully saturated rings. The lowest BCUT2D eigenvalue weighted by Crippen LogP contribution is -2.26. The Morgan fingerprint density at radius 2 is 1.85 bits per heavy atom. The molecule has 34 heavy (non-hydrogen) atoms. The van der Waals surface area contributed by atoms with Crippen molar-refractivity contribution in [3.8, 4) is 11.5 Å². The highest BCUT2D eigenvalue weighted by atomic mass is 79.9. The van der Waals surface area contributed by atoms with Crippen LogP contribution in [-0.2, 0) is 11.4 Å². The zero-order chi connectivity index (χ0) is 24.7. The molecule has 0 saturated heterocycles. The van der Waals surface area contributed by atoms with Gasteiger partial charge in [-0.1, -0.05) is 40.9 Å². The van der Waals surface area contributed by atoms with Crippen LogP contribution >= 0.6 is 62.5 Å². The molecular formula is C24H20BrCl3N2O3S. The number of hydrogen-bond donors (Lipinski definition) is 1. The van der Waals surface area contributed by atoms with Gasteiger partial charge in [0, 0.05) is 9.92 Å². The average Bonchev–Trinajstić information content (AvgIpc) is 2.81. The third-order valence-corrected chi connectivity index (χ3v) is 7.20. The largest absolute Gasteiger partial charge is 0.493 e. The van der Waals surface area contributed by atoms with Crippen LogP contribution in [0, 0.1) is 0 Å². The molecule has 3 rings (SSSR count). The number of methoxy groups -OCH3 is 1. The maximum Gasteiger partial charge on any atom is 0.253 e. The van der Waals surface area contributed by atoms with Crippen LogP contribution in [0.5, 0.6) is 11.5 Å². The van der Waals surface area contributed by atoms with Crippen molar-refractivity contribution in [2.45, 2.75) is 23.7 Å². The molecule has 0 bridgehead atoms. The molecule has 1 amide bonds. The third-order valence-electron chi connectivity index (χ3n) is 4.50.